The van der Waals surface area contributed by atoms with Gasteiger partial charge >= 0.3 is 154 Å². The van der Waals surface area contributed by atoms with Gasteiger partial charge in [0.15, 0.2) is 0 Å². The van der Waals surface area contributed by atoms with Gasteiger partial charge in [0.2, 0.25) is 7.75 Å². The smallest absolute Gasteiger partial charge is 0.766 e. The zero-order valence-corrected chi connectivity index (χ0v) is 34.2. The van der Waals surface area contributed by atoms with Crippen LogP contribution < -0.4 is 179 Å². The van der Waals surface area contributed by atoms with Crippen LogP contribution in [-0.2, 0) is 29.9 Å². The number of Topliss-reactive ketones (excluding diaryl/α,β-unsaturated/α-hetero) is 1. The minimum atomic E-state index is -4.73. The summed E-state index contributed by atoms with van der Waals surface area (Å²) in [4.78, 5) is 46.0. The Balaban J connectivity index is 0.00000267. The van der Waals surface area contributed by atoms with Crippen LogP contribution in [0, 0.1) is 17.3 Å². The quantitative estimate of drug-likeness (QED) is 0.130. The Morgan fingerprint density at radius 1 is 1.12 bits per heavy atom. The summed E-state index contributed by atoms with van der Waals surface area (Å²) < 4.78 is 22.6. The van der Waals surface area contributed by atoms with Crippen LogP contribution in [0.25, 0.3) is 0 Å². The van der Waals surface area contributed by atoms with Crippen LogP contribution in [0.2, 0.25) is 0 Å². The molecule has 3 aliphatic rings. The van der Waals surface area contributed by atoms with Gasteiger partial charge in [-0.25, -0.2) is 5.09 Å². The van der Waals surface area contributed by atoms with Crippen molar-refractivity contribution in [2.24, 2.45) is 17.3 Å². The second-order valence-electron chi connectivity index (χ2n) is 10.6. The number of benzene rings is 1. The number of ether oxygens (including phenoxy) is 1. The average molecular weight is 652 g/mol. The van der Waals surface area contributed by atoms with Crippen molar-refractivity contribution in [3.8, 4) is 5.75 Å². The molecule has 0 aromatic heterocycles. The maximum absolute atomic E-state index is 12.5. The zero-order valence-electron chi connectivity index (χ0n) is 23.9. The number of carboxylic acids is 2. The molecule has 204 valence electrons. The molecule has 0 radical (unpaired) electrons. The Bertz CT molecular complexity index is 1110. The molecule has 1 aromatic rings. The number of carbonyl (C=O) groups excluding carboxylic acids is 3. The third-order valence-corrected chi connectivity index (χ3v) is 9.61. The second kappa shape index (κ2) is 18.1. The molecule has 1 N–H and O–H groups in total. The van der Waals surface area contributed by atoms with Crippen LogP contribution in [0.4, 0.5) is 0 Å². The first-order valence-electron chi connectivity index (χ1n) is 12.9. The van der Waals surface area contributed by atoms with Crippen molar-refractivity contribution in [2.45, 2.75) is 76.7 Å². The topological polar surface area (TPSA) is 168 Å². The van der Waals surface area contributed by atoms with Crippen molar-refractivity contribution in [2.75, 3.05) is 13.2 Å². The van der Waals surface area contributed by atoms with Crippen molar-refractivity contribution >= 4 is 25.5 Å². The van der Waals surface area contributed by atoms with Crippen molar-refractivity contribution < 1.29 is 197 Å². The summed E-state index contributed by atoms with van der Waals surface area (Å²) in [6.45, 7) is 2.13. The fourth-order valence-electron chi connectivity index (χ4n) is 6.58. The van der Waals surface area contributed by atoms with Crippen LogP contribution in [0.3, 0.4) is 0 Å². The van der Waals surface area contributed by atoms with E-state index >= 15 is 0 Å². The van der Waals surface area contributed by atoms with Gasteiger partial charge in [0.1, 0.15) is 11.5 Å². The molecule has 2 fully saturated rings. The second-order valence-corrected chi connectivity index (χ2v) is 12.1. The molecule has 10 nitrogen and oxygen atoms in total. The van der Waals surface area contributed by atoms with E-state index in [0.717, 1.165) is 32.1 Å². The van der Waals surface area contributed by atoms with E-state index in [1.165, 1.54) is 11.1 Å². The van der Waals surface area contributed by atoms with Crippen LogP contribution >= 0.6 is 7.75 Å². The summed E-state index contributed by atoms with van der Waals surface area (Å²) in [5.41, 5.74) is 2.48. The molecule has 0 heterocycles. The summed E-state index contributed by atoms with van der Waals surface area (Å²) in [5.74, 6) is -0.612. The molecule has 2 saturated carbocycles. The van der Waals surface area contributed by atoms with Crippen molar-refractivity contribution in [3.05, 3.63) is 29.3 Å². The van der Waals surface area contributed by atoms with Crippen molar-refractivity contribution in [1.82, 2.24) is 5.09 Å². The van der Waals surface area contributed by atoms with Crippen LogP contribution in [0.15, 0.2) is 18.2 Å². The van der Waals surface area contributed by atoms with E-state index in [4.69, 9.17) is 9.26 Å². The predicted molar refractivity (Wildman–Crippen MR) is 126 cm³/mol. The number of hydrogen-bond acceptors (Lipinski definition) is 9. The molecule has 0 spiro atoms. The van der Waals surface area contributed by atoms with E-state index in [1.54, 1.807) is 5.09 Å². The van der Waals surface area contributed by atoms with E-state index < -0.39 is 38.6 Å². The van der Waals surface area contributed by atoms with Gasteiger partial charge in [0, 0.05) is 24.2 Å². The zero-order chi connectivity index (χ0) is 26.8. The number of carboxylic acid groups (broad SMARTS) is 2. The molecule has 40 heavy (non-hydrogen) atoms. The molecule has 0 aliphatic heterocycles. The van der Waals surface area contributed by atoms with Gasteiger partial charge in [-0.15, -0.1) is 0 Å². The number of aliphatic carboxylic acids is 2. The number of aryl methyl sites for hydroxylation is 1. The molecule has 0 saturated heterocycles. The molecule has 6 atom stereocenters. The SMILES string of the molecule is C[C@]12CC[C@@H]3c4ccc(OCCCOP(=O)([O-])N[C@@H](CCC(=O)[O-])C(=O)[O-])cc4CC[C@H]3[C@@H]1CCC2=O.[K+].[K+].[K+]. The molecule has 1 aromatic carbocycles. The fourth-order valence-corrected chi connectivity index (χ4v) is 7.64. The minimum absolute atomic E-state index is 0. The standard InChI is InChI=1S/C26H36NO9P.3K/c1-26-12-11-19-18-6-4-17(15-16(18)3-5-20(19)21(26)7-9-23(26)28)35-13-2-14-36-37(33,34)27-22(25(31)32)8-10-24(29)30;;;/h4,6,15,19-22H,2-3,5,7-14H2,1H3,(H,29,30)(H,31,32)(H2,27,33,34);;;/q;3*+1/p-3/t19-,20-,21+,22+,26+;;;/m1.../s1. The van der Waals surface area contributed by atoms with Gasteiger partial charge in [-0.3, -0.25) is 9.36 Å². The Hall–Kier alpha value is 2.65. The summed E-state index contributed by atoms with van der Waals surface area (Å²) in [6, 6.07) is 4.37. The van der Waals surface area contributed by atoms with E-state index in [1.807, 2.05) is 12.1 Å². The largest absolute Gasteiger partial charge is 1.00 e. The summed E-state index contributed by atoms with van der Waals surface area (Å²) in [7, 11) is -4.73. The van der Waals surface area contributed by atoms with Gasteiger partial charge in [-0.1, -0.05) is 13.0 Å². The Kier molecular flexibility index (Phi) is 18.4. The first-order chi connectivity index (χ1) is 17.5. The number of nitrogens with one attached hydrogen (secondary N) is 1. The van der Waals surface area contributed by atoms with Gasteiger partial charge in [-0.2, -0.15) is 0 Å². The normalized spacial score (nSPS) is 26.8. The molecule has 3 aliphatic carbocycles. The summed E-state index contributed by atoms with van der Waals surface area (Å²) in [6.07, 6.45) is 4.81. The maximum atomic E-state index is 12.5. The monoisotopic (exact) mass is 651 g/mol. The number of fused-ring (bicyclic) bond motifs is 5. The number of ketones is 1. The Morgan fingerprint density at radius 2 is 1.85 bits per heavy atom. The molecule has 4 rings (SSSR count). The Labute approximate surface area is 363 Å². The maximum Gasteiger partial charge on any atom is 1.00 e. The molecule has 1 unspecified atom stereocenters. The van der Waals surface area contributed by atoms with E-state index in [2.05, 4.69) is 13.0 Å². The predicted octanol–water partition coefficient (Wildman–Crippen LogP) is -8.38. The van der Waals surface area contributed by atoms with E-state index in [9.17, 15) is 34.1 Å². The Morgan fingerprint density at radius 3 is 2.52 bits per heavy atom. The molecule has 0 bridgehead atoms. The van der Waals surface area contributed by atoms with Crippen molar-refractivity contribution in [1.29, 1.82) is 0 Å². The molecular weight excluding hydrogens is 619 g/mol. The number of hydrogen-bond donors (Lipinski definition) is 1. The third kappa shape index (κ3) is 10.3. The van der Waals surface area contributed by atoms with Crippen molar-refractivity contribution in [3.63, 3.8) is 0 Å². The first-order valence-corrected chi connectivity index (χ1v) is 14.5. The molecule has 0 amide bonds. The van der Waals surface area contributed by atoms with Crippen LogP contribution in [-0.4, -0.2) is 37.0 Å². The first kappa shape index (κ1) is 40.7. The summed E-state index contributed by atoms with van der Waals surface area (Å²) in [5, 5.41) is 23.3. The van der Waals surface area contributed by atoms with E-state index in [0.29, 0.717) is 35.7 Å². The van der Waals surface area contributed by atoms with Crippen LogP contribution in [0.1, 0.15) is 75.3 Å². The third-order valence-electron chi connectivity index (χ3n) is 8.46. The fraction of sp³-hybridized carbons (Fsp3) is 0.654. The summed E-state index contributed by atoms with van der Waals surface area (Å²) >= 11 is 0. The van der Waals surface area contributed by atoms with Gasteiger partial charge in [0.05, 0.1) is 25.2 Å². The average Bonchev–Trinajstić information content (AvgIpc) is 3.15. The number of carbonyl (C=O) groups is 3. The van der Waals surface area contributed by atoms with E-state index in [-0.39, 0.29) is 179 Å². The molecule has 14 heteroatoms. The van der Waals surface area contributed by atoms with Crippen LogP contribution in [0.5, 0.6) is 5.75 Å². The molecular formula is C26H33K3NO9P. The number of rotatable bonds is 12. The van der Waals surface area contributed by atoms with Gasteiger partial charge in [-0.05, 0) is 86.0 Å². The minimum Gasteiger partial charge on any atom is -0.766 e. The van der Waals surface area contributed by atoms with Gasteiger partial charge < -0.3 is 34.0 Å². The van der Waals surface area contributed by atoms with Gasteiger partial charge in [0.25, 0.3) is 0 Å².